The number of rotatable bonds is 6. The van der Waals surface area contributed by atoms with E-state index in [-0.39, 0.29) is 41.9 Å². The first-order chi connectivity index (χ1) is 13.8. The molecule has 0 unspecified atom stereocenters. The highest BCUT2D eigenvalue weighted by Crippen LogP contribution is 2.31. The number of nitrogen functional groups attached to an aromatic ring is 1. The van der Waals surface area contributed by atoms with Crippen LogP contribution in [0.2, 0.25) is 0 Å². The van der Waals surface area contributed by atoms with E-state index in [9.17, 15) is 18.0 Å². The number of hydrogen-bond acceptors (Lipinski definition) is 7. The number of nitrogens with zero attached hydrogens (tertiary/aromatic N) is 2. The molecule has 29 heavy (non-hydrogen) atoms. The van der Waals surface area contributed by atoms with Crippen molar-refractivity contribution in [2.24, 2.45) is 0 Å². The van der Waals surface area contributed by atoms with Crippen molar-refractivity contribution in [1.82, 2.24) is 9.97 Å². The molecular formula is C19H17F3N4O3. The Morgan fingerprint density at radius 3 is 2.69 bits per heavy atom. The summed E-state index contributed by atoms with van der Waals surface area (Å²) in [6.45, 7) is 1.70. The molecule has 0 aliphatic heterocycles. The highest BCUT2D eigenvalue weighted by atomic mass is 19.4. The maximum Gasteiger partial charge on any atom is 0.416 e. The molecule has 0 saturated carbocycles. The predicted octanol–water partition coefficient (Wildman–Crippen LogP) is 4.13. The molecule has 2 heterocycles. The van der Waals surface area contributed by atoms with Crippen LogP contribution in [0.15, 0.2) is 47.1 Å². The Morgan fingerprint density at radius 2 is 2.03 bits per heavy atom. The smallest absolute Gasteiger partial charge is 0.416 e. The van der Waals surface area contributed by atoms with Crippen molar-refractivity contribution in [3.05, 3.63) is 59.4 Å². The van der Waals surface area contributed by atoms with Gasteiger partial charge in [0.25, 0.3) is 0 Å². The Bertz CT molecular complexity index is 1000. The molecule has 3 aromatic rings. The number of aromatic nitrogens is 2. The normalized spacial score (nSPS) is 11.3. The van der Waals surface area contributed by atoms with Gasteiger partial charge in [0.05, 0.1) is 18.4 Å². The molecule has 0 aliphatic rings. The third kappa shape index (κ3) is 4.65. The Hall–Kier alpha value is -3.56. The quantitative estimate of drug-likeness (QED) is 0.593. The average Bonchev–Trinajstić information content (AvgIpc) is 3.20. The fourth-order valence-corrected chi connectivity index (χ4v) is 2.64. The van der Waals surface area contributed by atoms with Crippen LogP contribution >= 0.6 is 0 Å². The van der Waals surface area contributed by atoms with Gasteiger partial charge in [-0.05, 0) is 36.8 Å². The van der Waals surface area contributed by atoms with Crippen LogP contribution in [0.25, 0.3) is 11.5 Å². The van der Waals surface area contributed by atoms with E-state index in [1.165, 1.54) is 18.4 Å². The fourth-order valence-electron chi connectivity index (χ4n) is 2.64. The summed E-state index contributed by atoms with van der Waals surface area (Å²) in [4.78, 5) is 20.6. The van der Waals surface area contributed by atoms with Crippen molar-refractivity contribution < 1.29 is 27.1 Å². The van der Waals surface area contributed by atoms with Crippen LogP contribution < -0.4 is 11.1 Å². The van der Waals surface area contributed by atoms with E-state index in [0.29, 0.717) is 5.56 Å². The lowest BCUT2D eigenvalue weighted by Crippen LogP contribution is -2.16. The maximum atomic E-state index is 12.9. The summed E-state index contributed by atoms with van der Waals surface area (Å²) in [7, 11) is 0. The second kappa shape index (κ2) is 8.21. The lowest BCUT2D eigenvalue weighted by atomic mass is 10.1. The van der Waals surface area contributed by atoms with E-state index >= 15 is 0 Å². The molecule has 2 aromatic heterocycles. The molecule has 152 valence electrons. The largest absolute Gasteiger partial charge is 0.463 e. The zero-order valence-electron chi connectivity index (χ0n) is 15.3. The zero-order valence-corrected chi connectivity index (χ0v) is 15.3. The summed E-state index contributed by atoms with van der Waals surface area (Å²) in [5.41, 5.74) is 5.41. The summed E-state index contributed by atoms with van der Waals surface area (Å²) >= 11 is 0. The second-order valence-electron chi connectivity index (χ2n) is 5.90. The van der Waals surface area contributed by atoms with Crippen molar-refractivity contribution in [3.63, 3.8) is 0 Å². The van der Waals surface area contributed by atoms with Crippen molar-refractivity contribution in [2.45, 2.75) is 19.6 Å². The number of nitrogens with two attached hydrogens (primary N) is 1. The van der Waals surface area contributed by atoms with Crippen molar-refractivity contribution in [1.29, 1.82) is 0 Å². The van der Waals surface area contributed by atoms with Crippen molar-refractivity contribution in [3.8, 4) is 11.5 Å². The molecule has 0 spiro atoms. The SMILES string of the molecule is CCOC(=O)c1c(NCc2cccc(C(F)(F)F)c2)nc(N)nc1-c1ccco1. The van der Waals surface area contributed by atoms with Crippen LogP contribution in [0, 0.1) is 0 Å². The van der Waals surface area contributed by atoms with Gasteiger partial charge in [-0.2, -0.15) is 18.2 Å². The summed E-state index contributed by atoms with van der Waals surface area (Å²) in [6, 6.07) is 8.00. The lowest BCUT2D eigenvalue weighted by Gasteiger charge is -2.14. The van der Waals surface area contributed by atoms with Gasteiger partial charge in [0.2, 0.25) is 5.95 Å². The van der Waals surface area contributed by atoms with Gasteiger partial charge < -0.3 is 20.2 Å². The third-order valence-corrected chi connectivity index (χ3v) is 3.87. The molecule has 0 bridgehead atoms. The number of carbonyl (C=O) groups is 1. The molecule has 10 heteroatoms. The van der Waals surface area contributed by atoms with Crippen LogP contribution in [0.3, 0.4) is 0 Å². The zero-order chi connectivity index (χ0) is 21.0. The number of ether oxygens (including phenoxy) is 1. The van der Waals surface area contributed by atoms with E-state index in [1.807, 2.05) is 0 Å². The first kappa shape index (κ1) is 20.2. The molecule has 0 saturated heterocycles. The Labute approximate surface area is 163 Å². The van der Waals surface area contributed by atoms with Gasteiger partial charge in [-0.1, -0.05) is 12.1 Å². The van der Waals surface area contributed by atoms with Gasteiger partial charge in [-0.15, -0.1) is 0 Å². The van der Waals surface area contributed by atoms with Gasteiger partial charge in [0.1, 0.15) is 17.1 Å². The molecule has 3 N–H and O–H groups in total. The highest BCUT2D eigenvalue weighted by molar-refractivity contribution is 6.00. The first-order valence-electron chi connectivity index (χ1n) is 8.58. The number of esters is 1. The van der Waals surface area contributed by atoms with Crippen LogP contribution in [0.5, 0.6) is 0 Å². The monoisotopic (exact) mass is 406 g/mol. The minimum atomic E-state index is -4.46. The maximum absolute atomic E-state index is 12.9. The number of hydrogen-bond donors (Lipinski definition) is 2. The summed E-state index contributed by atoms with van der Waals surface area (Å²) < 4.78 is 49.1. The molecule has 0 aliphatic carbocycles. The van der Waals surface area contributed by atoms with Gasteiger partial charge in [0.15, 0.2) is 5.76 Å². The minimum absolute atomic E-state index is 0.0250. The number of carbonyl (C=O) groups excluding carboxylic acids is 1. The fraction of sp³-hybridized carbons (Fsp3) is 0.211. The number of benzene rings is 1. The standard InChI is InChI=1S/C19H17F3N4O3/c1-2-28-17(27)14-15(13-7-4-8-29-13)25-18(23)26-16(14)24-10-11-5-3-6-12(9-11)19(20,21)22/h3-9H,2,10H2,1H3,(H3,23,24,25,26). The van der Waals surface area contributed by atoms with E-state index in [0.717, 1.165) is 12.1 Å². The predicted molar refractivity (Wildman–Crippen MR) is 98.9 cm³/mol. The lowest BCUT2D eigenvalue weighted by molar-refractivity contribution is -0.137. The second-order valence-corrected chi connectivity index (χ2v) is 5.90. The highest BCUT2D eigenvalue weighted by Gasteiger charge is 2.30. The number of nitrogens with one attached hydrogen (secondary N) is 1. The molecule has 1 aromatic carbocycles. The molecular weight excluding hydrogens is 389 g/mol. The van der Waals surface area contributed by atoms with Crippen molar-refractivity contribution >= 4 is 17.7 Å². The molecule has 0 radical (unpaired) electrons. The summed E-state index contributed by atoms with van der Waals surface area (Å²) in [5, 5.41) is 2.85. The Kier molecular flexibility index (Phi) is 5.71. The third-order valence-electron chi connectivity index (χ3n) is 3.87. The number of anilines is 2. The molecule has 0 atom stereocenters. The molecule has 0 amide bonds. The van der Waals surface area contributed by atoms with Gasteiger partial charge in [0, 0.05) is 6.54 Å². The Balaban J connectivity index is 1.97. The van der Waals surface area contributed by atoms with E-state index < -0.39 is 17.7 Å². The molecule has 0 fully saturated rings. The van der Waals surface area contributed by atoms with Gasteiger partial charge in [-0.3, -0.25) is 0 Å². The molecule has 7 nitrogen and oxygen atoms in total. The van der Waals surface area contributed by atoms with Gasteiger partial charge in [-0.25, -0.2) is 9.78 Å². The minimum Gasteiger partial charge on any atom is -0.463 e. The van der Waals surface area contributed by atoms with E-state index in [1.54, 1.807) is 19.1 Å². The topological polar surface area (TPSA) is 103 Å². The number of furan rings is 1. The number of alkyl halides is 3. The van der Waals surface area contributed by atoms with Crippen LogP contribution in [-0.2, 0) is 17.5 Å². The van der Waals surface area contributed by atoms with E-state index in [4.69, 9.17) is 14.9 Å². The molecule has 3 rings (SSSR count). The first-order valence-corrected chi connectivity index (χ1v) is 8.58. The van der Waals surface area contributed by atoms with Crippen LogP contribution in [0.1, 0.15) is 28.4 Å². The average molecular weight is 406 g/mol. The number of halogens is 3. The summed E-state index contributed by atoms with van der Waals surface area (Å²) in [6.07, 6.45) is -3.06. The summed E-state index contributed by atoms with van der Waals surface area (Å²) in [5.74, 6) is -0.564. The van der Waals surface area contributed by atoms with Crippen LogP contribution in [0.4, 0.5) is 24.9 Å². The van der Waals surface area contributed by atoms with Crippen molar-refractivity contribution in [2.75, 3.05) is 17.7 Å². The van der Waals surface area contributed by atoms with E-state index in [2.05, 4.69) is 15.3 Å². The van der Waals surface area contributed by atoms with Gasteiger partial charge >= 0.3 is 12.1 Å². The Morgan fingerprint density at radius 1 is 1.24 bits per heavy atom. The van der Waals surface area contributed by atoms with Crippen LogP contribution in [-0.4, -0.2) is 22.5 Å².